The van der Waals surface area contributed by atoms with E-state index in [0.717, 1.165) is 12.8 Å². The molecule has 2 rings (SSSR count). The number of benzene rings is 1. The predicted octanol–water partition coefficient (Wildman–Crippen LogP) is 2.10. The second kappa shape index (κ2) is 5.63. The van der Waals surface area contributed by atoms with Gasteiger partial charge < -0.3 is 16.4 Å². The Balaban J connectivity index is 1.96. The minimum atomic E-state index is -0.810. The first-order chi connectivity index (χ1) is 9.43. The lowest BCUT2D eigenvalue weighted by Crippen LogP contribution is -2.50. The lowest BCUT2D eigenvalue weighted by atomic mass is 9.96. The fourth-order valence-electron chi connectivity index (χ4n) is 2.02. The Kier molecular flexibility index (Phi) is 4.09. The van der Waals surface area contributed by atoms with E-state index < -0.39 is 5.54 Å². The number of rotatable bonds is 5. The molecule has 4 N–H and O–H groups in total. The van der Waals surface area contributed by atoms with E-state index in [2.05, 4.69) is 10.6 Å². The Morgan fingerprint density at radius 1 is 1.20 bits per heavy atom. The zero-order valence-corrected chi connectivity index (χ0v) is 11.9. The molecule has 1 aromatic carbocycles. The van der Waals surface area contributed by atoms with Gasteiger partial charge in [-0.3, -0.25) is 9.59 Å². The van der Waals surface area contributed by atoms with Gasteiger partial charge in [0.15, 0.2) is 0 Å². The van der Waals surface area contributed by atoms with Gasteiger partial charge >= 0.3 is 0 Å². The molecular weight excluding hydrogens is 254 g/mol. The minimum Gasteiger partial charge on any atom is -0.326 e. The van der Waals surface area contributed by atoms with Crippen molar-refractivity contribution in [3.8, 4) is 0 Å². The molecule has 0 radical (unpaired) electrons. The highest BCUT2D eigenvalue weighted by Gasteiger charge is 2.44. The van der Waals surface area contributed by atoms with Gasteiger partial charge in [0.1, 0.15) is 0 Å². The van der Waals surface area contributed by atoms with E-state index in [1.807, 2.05) is 0 Å². The van der Waals surface area contributed by atoms with Crippen LogP contribution in [-0.2, 0) is 9.59 Å². The molecule has 0 aromatic heterocycles. The minimum absolute atomic E-state index is 0.0370. The van der Waals surface area contributed by atoms with E-state index in [9.17, 15) is 9.59 Å². The number of anilines is 2. The van der Waals surface area contributed by atoms with E-state index in [-0.39, 0.29) is 17.7 Å². The Bertz CT molecular complexity index is 504. The van der Waals surface area contributed by atoms with Gasteiger partial charge in [-0.1, -0.05) is 6.92 Å². The summed E-state index contributed by atoms with van der Waals surface area (Å²) < 4.78 is 0. The normalized spacial score (nSPS) is 17.1. The lowest BCUT2D eigenvalue weighted by Gasteiger charge is -2.23. The van der Waals surface area contributed by atoms with Gasteiger partial charge in [-0.05, 0) is 49.9 Å². The first kappa shape index (κ1) is 14.5. The molecule has 1 aliphatic rings. The van der Waals surface area contributed by atoms with E-state index in [0.29, 0.717) is 17.8 Å². The summed E-state index contributed by atoms with van der Waals surface area (Å²) >= 11 is 0. The summed E-state index contributed by atoms with van der Waals surface area (Å²) in [4.78, 5) is 23.4. The van der Waals surface area contributed by atoms with Crippen LogP contribution in [0.2, 0.25) is 0 Å². The summed E-state index contributed by atoms with van der Waals surface area (Å²) in [6.45, 7) is 3.57. The third kappa shape index (κ3) is 3.36. The maximum atomic E-state index is 12.1. The van der Waals surface area contributed by atoms with Crippen molar-refractivity contribution >= 4 is 23.2 Å². The molecule has 0 spiro atoms. The van der Waals surface area contributed by atoms with Crippen LogP contribution in [0.1, 0.15) is 33.1 Å². The lowest BCUT2D eigenvalue weighted by molar-refractivity contribution is -0.121. The molecule has 0 aliphatic heterocycles. The topological polar surface area (TPSA) is 84.2 Å². The molecule has 0 saturated heterocycles. The summed E-state index contributed by atoms with van der Waals surface area (Å²) in [6, 6.07) is 7.03. The van der Waals surface area contributed by atoms with Crippen LogP contribution in [0.3, 0.4) is 0 Å². The van der Waals surface area contributed by atoms with Gasteiger partial charge in [-0.25, -0.2) is 0 Å². The fourth-order valence-corrected chi connectivity index (χ4v) is 2.02. The number of amides is 2. The summed E-state index contributed by atoms with van der Waals surface area (Å²) in [7, 11) is 0. The van der Waals surface area contributed by atoms with Crippen LogP contribution in [-0.4, -0.2) is 17.4 Å². The summed E-state index contributed by atoms with van der Waals surface area (Å²) in [5.41, 5.74) is 6.65. The summed E-state index contributed by atoms with van der Waals surface area (Å²) in [5, 5.41) is 5.58. The number of nitrogens with two attached hydrogens (primary N) is 1. The second-order valence-electron chi connectivity index (χ2n) is 5.49. The third-order valence-corrected chi connectivity index (χ3v) is 3.66. The number of nitrogens with one attached hydrogen (secondary N) is 2. The van der Waals surface area contributed by atoms with E-state index in [1.54, 1.807) is 38.1 Å². The highest BCUT2D eigenvalue weighted by molar-refractivity contribution is 5.98. The van der Waals surface area contributed by atoms with Crippen LogP contribution < -0.4 is 16.4 Å². The van der Waals surface area contributed by atoms with Crippen molar-refractivity contribution in [1.29, 1.82) is 0 Å². The van der Waals surface area contributed by atoms with Crippen molar-refractivity contribution in [3.63, 3.8) is 0 Å². The molecule has 0 heterocycles. The first-order valence-corrected chi connectivity index (χ1v) is 6.93. The standard InChI is InChI=1S/C15H21N3O2/c1-3-13(19)17-11-6-8-12(9-7-11)18-14(20)15(2,16)10-4-5-10/h6-10H,3-5,16H2,1-2H3,(H,17,19)(H,18,20). The van der Waals surface area contributed by atoms with E-state index in [1.165, 1.54) is 0 Å². The number of carbonyl (C=O) groups excluding carboxylic acids is 2. The number of carbonyl (C=O) groups is 2. The number of hydrogen-bond acceptors (Lipinski definition) is 3. The smallest absolute Gasteiger partial charge is 0.244 e. The molecule has 2 amide bonds. The fraction of sp³-hybridized carbons (Fsp3) is 0.467. The Morgan fingerprint density at radius 3 is 2.15 bits per heavy atom. The van der Waals surface area contributed by atoms with Crippen molar-refractivity contribution in [2.24, 2.45) is 11.7 Å². The predicted molar refractivity (Wildman–Crippen MR) is 79.3 cm³/mol. The molecule has 108 valence electrons. The van der Waals surface area contributed by atoms with Gasteiger partial charge in [0.2, 0.25) is 11.8 Å². The van der Waals surface area contributed by atoms with Crippen LogP contribution in [0.25, 0.3) is 0 Å². The molecule has 1 aliphatic carbocycles. The first-order valence-electron chi connectivity index (χ1n) is 6.93. The molecule has 1 atom stereocenters. The molecule has 1 unspecified atom stereocenters. The molecule has 0 bridgehead atoms. The van der Waals surface area contributed by atoms with Crippen molar-refractivity contribution in [1.82, 2.24) is 0 Å². The Hall–Kier alpha value is -1.88. The van der Waals surface area contributed by atoms with Gasteiger partial charge in [-0.15, -0.1) is 0 Å². The van der Waals surface area contributed by atoms with Crippen molar-refractivity contribution in [2.45, 2.75) is 38.6 Å². The van der Waals surface area contributed by atoms with Crippen LogP contribution in [0.15, 0.2) is 24.3 Å². The monoisotopic (exact) mass is 275 g/mol. The van der Waals surface area contributed by atoms with Gasteiger partial charge in [0, 0.05) is 17.8 Å². The largest absolute Gasteiger partial charge is 0.326 e. The van der Waals surface area contributed by atoms with Crippen LogP contribution >= 0.6 is 0 Å². The van der Waals surface area contributed by atoms with Crippen molar-refractivity contribution in [3.05, 3.63) is 24.3 Å². The van der Waals surface area contributed by atoms with Crippen LogP contribution in [0.4, 0.5) is 11.4 Å². The van der Waals surface area contributed by atoms with Crippen LogP contribution in [0, 0.1) is 5.92 Å². The second-order valence-corrected chi connectivity index (χ2v) is 5.49. The zero-order valence-electron chi connectivity index (χ0n) is 11.9. The molecular formula is C15H21N3O2. The molecule has 1 fully saturated rings. The Labute approximate surface area is 118 Å². The average Bonchev–Trinajstić information content (AvgIpc) is 3.25. The number of hydrogen-bond donors (Lipinski definition) is 3. The molecule has 20 heavy (non-hydrogen) atoms. The Morgan fingerprint density at radius 2 is 1.70 bits per heavy atom. The van der Waals surface area contributed by atoms with Crippen LogP contribution in [0.5, 0.6) is 0 Å². The maximum Gasteiger partial charge on any atom is 0.244 e. The summed E-state index contributed by atoms with van der Waals surface area (Å²) in [5.74, 6) is 0.0843. The maximum absolute atomic E-state index is 12.1. The van der Waals surface area contributed by atoms with Gasteiger partial charge in [-0.2, -0.15) is 0 Å². The highest BCUT2D eigenvalue weighted by Crippen LogP contribution is 2.38. The molecule has 5 nitrogen and oxygen atoms in total. The van der Waals surface area contributed by atoms with Gasteiger partial charge in [0.05, 0.1) is 5.54 Å². The van der Waals surface area contributed by atoms with E-state index >= 15 is 0 Å². The SMILES string of the molecule is CCC(=O)Nc1ccc(NC(=O)C(C)(N)C2CC2)cc1. The highest BCUT2D eigenvalue weighted by atomic mass is 16.2. The quantitative estimate of drug-likeness (QED) is 0.769. The molecule has 5 heteroatoms. The summed E-state index contributed by atoms with van der Waals surface area (Å²) in [6.07, 6.45) is 2.47. The zero-order chi connectivity index (χ0) is 14.8. The van der Waals surface area contributed by atoms with E-state index in [4.69, 9.17) is 5.73 Å². The molecule has 1 saturated carbocycles. The van der Waals surface area contributed by atoms with Crippen molar-refractivity contribution < 1.29 is 9.59 Å². The van der Waals surface area contributed by atoms with Gasteiger partial charge in [0.25, 0.3) is 0 Å². The third-order valence-electron chi connectivity index (χ3n) is 3.66. The average molecular weight is 275 g/mol. The van der Waals surface area contributed by atoms with Crippen molar-refractivity contribution in [2.75, 3.05) is 10.6 Å². The molecule has 1 aromatic rings.